The number of ether oxygens (including phenoxy) is 1. The van der Waals surface area contributed by atoms with Gasteiger partial charge in [-0.05, 0) is 36.5 Å². The number of hydrogen-bond acceptors (Lipinski definition) is 1. The lowest BCUT2D eigenvalue weighted by atomic mass is 10.1. The Labute approximate surface area is 101 Å². The van der Waals surface area contributed by atoms with Crippen molar-refractivity contribution in [1.82, 2.24) is 0 Å². The molecule has 15 heavy (non-hydrogen) atoms. The summed E-state index contributed by atoms with van der Waals surface area (Å²) in [6, 6.07) is 4.36. The van der Waals surface area contributed by atoms with Gasteiger partial charge in [-0.3, -0.25) is 0 Å². The molecule has 0 saturated carbocycles. The van der Waals surface area contributed by atoms with Crippen molar-refractivity contribution in [3.8, 4) is 5.75 Å². The minimum Gasteiger partial charge on any atom is -0.493 e. The fourth-order valence-corrected chi connectivity index (χ4v) is 1.92. The van der Waals surface area contributed by atoms with E-state index in [2.05, 4.69) is 55.8 Å². The van der Waals surface area contributed by atoms with E-state index in [9.17, 15) is 0 Å². The summed E-state index contributed by atoms with van der Waals surface area (Å²) in [7, 11) is 0. The first-order valence-electron chi connectivity index (χ1n) is 5.33. The largest absolute Gasteiger partial charge is 0.493 e. The van der Waals surface area contributed by atoms with Crippen molar-refractivity contribution < 1.29 is 4.74 Å². The molecule has 0 atom stereocenters. The van der Waals surface area contributed by atoms with Crippen molar-refractivity contribution in [2.45, 2.75) is 33.0 Å². The average molecular weight is 271 g/mol. The van der Waals surface area contributed by atoms with Gasteiger partial charge >= 0.3 is 0 Å². The Bertz CT molecular complexity index is 308. The Balaban J connectivity index is 2.88. The number of rotatable bonds is 4. The Kier molecular flexibility index (Phi) is 4.65. The van der Waals surface area contributed by atoms with Crippen LogP contribution in [-0.4, -0.2) is 6.61 Å². The van der Waals surface area contributed by atoms with E-state index in [1.165, 1.54) is 16.7 Å². The summed E-state index contributed by atoms with van der Waals surface area (Å²) in [5.74, 6) is 1.62. The predicted molar refractivity (Wildman–Crippen MR) is 68.9 cm³/mol. The topological polar surface area (TPSA) is 9.23 Å². The second-order valence-electron chi connectivity index (χ2n) is 4.40. The van der Waals surface area contributed by atoms with Crippen LogP contribution in [-0.2, 0) is 5.33 Å². The smallest absolute Gasteiger partial charge is 0.125 e. The molecule has 0 aliphatic heterocycles. The van der Waals surface area contributed by atoms with Crippen molar-refractivity contribution in [1.29, 1.82) is 0 Å². The zero-order valence-corrected chi connectivity index (χ0v) is 11.5. The number of hydrogen-bond donors (Lipinski definition) is 0. The van der Waals surface area contributed by atoms with E-state index < -0.39 is 0 Å². The SMILES string of the molecule is Cc1cc(CBr)cc(C)c1OCC(C)C. The molecular weight excluding hydrogens is 252 g/mol. The summed E-state index contributed by atoms with van der Waals surface area (Å²) in [4.78, 5) is 0. The van der Waals surface area contributed by atoms with Crippen LogP contribution in [0, 0.1) is 19.8 Å². The van der Waals surface area contributed by atoms with Gasteiger partial charge in [-0.2, -0.15) is 0 Å². The normalized spacial score (nSPS) is 10.8. The van der Waals surface area contributed by atoms with Gasteiger partial charge < -0.3 is 4.74 Å². The Morgan fingerprint density at radius 3 is 2.13 bits per heavy atom. The van der Waals surface area contributed by atoms with Crippen LogP contribution in [0.1, 0.15) is 30.5 Å². The molecule has 1 rings (SSSR count). The molecule has 0 radical (unpaired) electrons. The first-order chi connectivity index (χ1) is 7.04. The molecular formula is C13H19BrO. The second kappa shape index (κ2) is 5.55. The van der Waals surface area contributed by atoms with Gasteiger partial charge in [-0.25, -0.2) is 0 Å². The lowest BCUT2D eigenvalue weighted by molar-refractivity contribution is 0.268. The van der Waals surface area contributed by atoms with Crippen LogP contribution in [0.2, 0.25) is 0 Å². The maximum Gasteiger partial charge on any atom is 0.125 e. The molecule has 0 fully saturated rings. The molecule has 0 unspecified atom stereocenters. The Morgan fingerprint density at radius 1 is 1.20 bits per heavy atom. The number of aryl methyl sites for hydroxylation is 2. The first kappa shape index (κ1) is 12.6. The zero-order valence-electron chi connectivity index (χ0n) is 9.93. The van der Waals surface area contributed by atoms with Crippen LogP contribution in [0.3, 0.4) is 0 Å². The van der Waals surface area contributed by atoms with Crippen LogP contribution in [0.15, 0.2) is 12.1 Å². The summed E-state index contributed by atoms with van der Waals surface area (Å²) in [6.45, 7) is 9.33. The molecule has 1 aromatic carbocycles. The lowest BCUT2D eigenvalue weighted by Gasteiger charge is -2.14. The molecule has 0 N–H and O–H groups in total. The van der Waals surface area contributed by atoms with E-state index in [-0.39, 0.29) is 0 Å². The first-order valence-corrected chi connectivity index (χ1v) is 6.45. The van der Waals surface area contributed by atoms with E-state index in [4.69, 9.17) is 4.74 Å². The van der Waals surface area contributed by atoms with Crippen molar-refractivity contribution in [2.75, 3.05) is 6.61 Å². The molecule has 1 aromatic rings. The van der Waals surface area contributed by atoms with Crippen LogP contribution in [0.25, 0.3) is 0 Å². The van der Waals surface area contributed by atoms with Gasteiger partial charge in [0.15, 0.2) is 0 Å². The fourth-order valence-electron chi connectivity index (χ4n) is 1.59. The molecule has 0 amide bonds. The van der Waals surface area contributed by atoms with Gasteiger partial charge in [0.25, 0.3) is 0 Å². The molecule has 84 valence electrons. The van der Waals surface area contributed by atoms with E-state index in [1.807, 2.05) is 0 Å². The van der Waals surface area contributed by atoms with Gasteiger partial charge in [0.2, 0.25) is 0 Å². The third kappa shape index (κ3) is 3.53. The van der Waals surface area contributed by atoms with E-state index >= 15 is 0 Å². The molecule has 0 aliphatic rings. The summed E-state index contributed by atoms with van der Waals surface area (Å²) >= 11 is 3.47. The van der Waals surface area contributed by atoms with Gasteiger partial charge in [0.05, 0.1) is 6.61 Å². The predicted octanol–water partition coefficient (Wildman–Crippen LogP) is 4.23. The van der Waals surface area contributed by atoms with E-state index in [0.29, 0.717) is 5.92 Å². The minimum absolute atomic E-state index is 0.569. The number of benzene rings is 1. The van der Waals surface area contributed by atoms with Gasteiger partial charge in [0.1, 0.15) is 5.75 Å². The second-order valence-corrected chi connectivity index (χ2v) is 4.96. The molecule has 0 aliphatic carbocycles. The maximum atomic E-state index is 5.81. The van der Waals surface area contributed by atoms with Gasteiger partial charge in [-0.15, -0.1) is 0 Å². The highest BCUT2D eigenvalue weighted by Crippen LogP contribution is 2.26. The minimum atomic E-state index is 0.569. The Hall–Kier alpha value is -0.500. The van der Waals surface area contributed by atoms with Crippen molar-refractivity contribution in [2.24, 2.45) is 5.92 Å². The highest BCUT2D eigenvalue weighted by molar-refractivity contribution is 9.08. The van der Waals surface area contributed by atoms with Gasteiger partial charge in [0, 0.05) is 5.33 Å². The molecule has 0 heterocycles. The summed E-state index contributed by atoms with van der Waals surface area (Å²) in [5, 5.41) is 0.902. The molecule has 1 nitrogen and oxygen atoms in total. The van der Waals surface area contributed by atoms with Gasteiger partial charge in [-0.1, -0.05) is 41.9 Å². The van der Waals surface area contributed by atoms with Crippen LogP contribution in [0.4, 0.5) is 0 Å². The van der Waals surface area contributed by atoms with E-state index in [1.54, 1.807) is 0 Å². The average Bonchev–Trinajstić information content (AvgIpc) is 2.15. The maximum absolute atomic E-state index is 5.81. The zero-order chi connectivity index (χ0) is 11.4. The molecule has 0 saturated heterocycles. The summed E-state index contributed by atoms with van der Waals surface area (Å²) in [5.41, 5.74) is 3.76. The fraction of sp³-hybridized carbons (Fsp3) is 0.538. The summed E-state index contributed by atoms with van der Waals surface area (Å²) in [6.07, 6.45) is 0. The van der Waals surface area contributed by atoms with Crippen molar-refractivity contribution >= 4 is 15.9 Å². The Morgan fingerprint density at radius 2 is 1.73 bits per heavy atom. The standard InChI is InChI=1S/C13H19BrO/c1-9(2)8-15-13-10(3)5-12(7-14)6-11(13)4/h5-6,9H,7-8H2,1-4H3. The third-order valence-electron chi connectivity index (χ3n) is 2.24. The van der Waals surface area contributed by atoms with Crippen LogP contribution < -0.4 is 4.74 Å². The van der Waals surface area contributed by atoms with Crippen molar-refractivity contribution in [3.05, 3.63) is 28.8 Å². The van der Waals surface area contributed by atoms with Crippen LogP contribution >= 0.6 is 15.9 Å². The molecule has 0 aromatic heterocycles. The molecule has 0 bridgehead atoms. The summed E-state index contributed by atoms with van der Waals surface area (Å²) < 4.78 is 5.81. The number of halogens is 1. The lowest BCUT2D eigenvalue weighted by Crippen LogP contribution is -2.06. The number of alkyl halides is 1. The van der Waals surface area contributed by atoms with Crippen LogP contribution in [0.5, 0.6) is 5.75 Å². The quantitative estimate of drug-likeness (QED) is 0.744. The third-order valence-corrected chi connectivity index (χ3v) is 2.88. The molecule has 2 heteroatoms. The van der Waals surface area contributed by atoms with Crippen molar-refractivity contribution in [3.63, 3.8) is 0 Å². The molecule has 0 spiro atoms. The highest BCUT2D eigenvalue weighted by atomic mass is 79.9. The van der Waals surface area contributed by atoms with E-state index in [0.717, 1.165) is 17.7 Å². The highest BCUT2D eigenvalue weighted by Gasteiger charge is 2.06. The monoisotopic (exact) mass is 270 g/mol.